The van der Waals surface area contributed by atoms with E-state index in [1.807, 2.05) is 18.2 Å². The van der Waals surface area contributed by atoms with E-state index in [0.29, 0.717) is 24.4 Å². The Balaban J connectivity index is 1.82. The van der Waals surface area contributed by atoms with Crippen molar-refractivity contribution in [2.24, 2.45) is 0 Å². The number of aromatic carboxylic acids is 1. The molecule has 132 valence electrons. The minimum atomic E-state index is -0.962. The number of ether oxygens (including phenoxy) is 1. The Bertz CT molecular complexity index is 730. The van der Waals surface area contributed by atoms with E-state index in [9.17, 15) is 9.59 Å². The van der Waals surface area contributed by atoms with Crippen molar-refractivity contribution in [3.05, 3.63) is 70.2 Å². The molecule has 1 unspecified atom stereocenters. The van der Waals surface area contributed by atoms with Gasteiger partial charge in [-0.2, -0.15) is 0 Å². The molecule has 2 aromatic carbocycles. The number of hydrogen-bond acceptors (Lipinski definition) is 3. The van der Waals surface area contributed by atoms with Gasteiger partial charge in [0.1, 0.15) is 0 Å². The quantitative estimate of drug-likeness (QED) is 0.754. The monoisotopic (exact) mass is 361 g/mol. The molecule has 1 amide bonds. The van der Waals surface area contributed by atoms with Crippen LogP contribution in [0.15, 0.2) is 48.5 Å². The van der Waals surface area contributed by atoms with Gasteiger partial charge in [0.25, 0.3) is 0 Å². The van der Waals surface area contributed by atoms with E-state index in [-0.39, 0.29) is 17.6 Å². The number of carbonyl (C=O) groups is 2. The minimum Gasteiger partial charge on any atom is -0.478 e. The molecule has 0 saturated carbocycles. The highest BCUT2D eigenvalue weighted by molar-refractivity contribution is 6.30. The number of carbonyl (C=O) groups excluding carboxylic acids is 1. The fourth-order valence-electron chi connectivity index (χ4n) is 2.41. The van der Waals surface area contributed by atoms with E-state index in [2.05, 4.69) is 5.32 Å². The molecule has 0 bridgehead atoms. The van der Waals surface area contributed by atoms with Gasteiger partial charge in [0.05, 0.1) is 11.7 Å². The first-order chi connectivity index (χ1) is 12.0. The Morgan fingerprint density at radius 1 is 1.20 bits per heavy atom. The summed E-state index contributed by atoms with van der Waals surface area (Å²) in [6.07, 6.45) is 0.594. The zero-order chi connectivity index (χ0) is 18.2. The second kappa shape index (κ2) is 9.20. The first-order valence-electron chi connectivity index (χ1n) is 7.87. The van der Waals surface area contributed by atoms with Crippen molar-refractivity contribution in [2.75, 3.05) is 13.7 Å². The van der Waals surface area contributed by atoms with Crippen LogP contribution in [-0.4, -0.2) is 30.6 Å². The van der Waals surface area contributed by atoms with Gasteiger partial charge < -0.3 is 15.2 Å². The summed E-state index contributed by atoms with van der Waals surface area (Å²) in [6, 6.07) is 13.9. The average molecular weight is 362 g/mol. The predicted molar refractivity (Wildman–Crippen MR) is 95.9 cm³/mol. The van der Waals surface area contributed by atoms with E-state index < -0.39 is 5.97 Å². The molecule has 2 rings (SSSR count). The summed E-state index contributed by atoms with van der Waals surface area (Å²) in [5, 5.41) is 12.3. The normalized spacial score (nSPS) is 11.8. The second-order valence-corrected chi connectivity index (χ2v) is 6.02. The molecule has 5 nitrogen and oxygen atoms in total. The third kappa shape index (κ3) is 5.89. The van der Waals surface area contributed by atoms with Crippen molar-refractivity contribution in [1.29, 1.82) is 0 Å². The highest BCUT2D eigenvalue weighted by Gasteiger charge is 2.12. The van der Waals surface area contributed by atoms with E-state index in [1.54, 1.807) is 25.3 Å². The molecule has 0 fully saturated rings. The summed E-state index contributed by atoms with van der Waals surface area (Å²) in [5.41, 5.74) is 2.05. The van der Waals surface area contributed by atoms with Crippen LogP contribution in [0.3, 0.4) is 0 Å². The Morgan fingerprint density at radius 3 is 2.52 bits per heavy atom. The van der Waals surface area contributed by atoms with E-state index in [4.69, 9.17) is 21.4 Å². The zero-order valence-electron chi connectivity index (χ0n) is 13.9. The third-order valence-corrected chi connectivity index (χ3v) is 4.07. The van der Waals surface area contributed by atoms with Gasteiger partial charge in [0.15, 0.2) is 0 Å². The fraction of sp³-hybridized carbons (Fsp3) is 0.263. The summed E-state index contributed by atoms with van der Waals surface area (Å²) in [7, 11) is 1.59. The van der Waals surface area contributed by atoms with Crippen molar-refractivity contribution >= 4 is 23.5 Å². The molecule has 0 heterocycles. The van der Waals surface area contributed by atoms with Crippen LogP contribution in [0.5, 0.6) is 0 Å². The molecule has 2 aromatic rings. The van der Waals surface area contributed by atoms with Gasteiger partial charge in [-0.25, -0.2) is 4.79 Å². The van der Waals surface area contributed by atoms with E-state index in [0.717, 1.165) is 11.1 Å². The average Bonchev–Trinajstić information content (AvgIpc) is 2.61. The number of methoxy groups -OCH3 is 1. The first-order valence-corrected chi connectivity index (χ1v) is 8.24. The Hall–Kier alpha value is -2.37. The number of nitrogens with one attached hydrogen (secondary N) is 1. The minimum absolute atomic E-state index is 0.0913. The molecule has 25 heavy (non-hydrogen) atoms. The Labute approximate surface area is 151 Å². The second-order valence-electron chi connectivity index (χ2n) is 5.59. The standard InChI is InChI=1S/C19H20ClNO4/c1-25-17(15-3-2-4-16(20)11-15)12-21-18(22)10-7-13-5-8-14(9-6-13)19(23)24/h2-6,8-9,11,17H,7,10,12H2,1H3,(H,21,22)(H,23,24). The number of benzene rings is 2. The highest BCUT2D eigenvalue weighted by atomic mass is 35.5. The maximum atomic E-state index is 12.0. The summed E-state index contributed by atoms with van der Waals surface area (Å²) in [4.78, 5) is 22.8. The van der Waals surface area contributed by atoms with Crippen LogP contribution in [0, 0.1) is 0 Å². The largest absolute Gasteiger partial charge is 0.478 e. The molecule has 0 aromatic heterocycles. The Morgan fingerprint density at radius 2 is 1.92 bits per heavy atom. The van der Waals surface area contributed by atoms with Crippen LogP contribution in [-0.2, 0) is 16.0 Å². The number of hydrogen-bond donors (Lipinski definition) is 2. The van der Waals surface area contributed by atoms with Crippen molar-refractivity contribution in [3.8, 4) is 0 Å². The first kappa shape index (κ1) is 19.0. The van der Waals surface area contributed by atoms with E-state index in [1.165, 1.54) is 12.1 Å². The van der Waals surface area contributed by atoms with Gasteiger partial charge in [-0.3, -0.25) is 4.79 Å². The fourth-order valence-corrected chi connectivity index (χ4v) is 2.61. The molecular formula is C19H20ClNO4. The predicted octanol–water partition coefficient (Wildman–Crippen LogP) is 3.47. The van der Waals surface area contributed by atoms with Gasteiger partial charge in [-0.05, 0) is 41.8 Å². The van der Waals surface area contributed by atoms with Gasteiger partial charge >= 0.3 is 5.97 Å². The molecule has 0 spiro atoms. The molecule has 0 saturated heterocycles. The summed E-state index contributed by atoms with van der Waals surface area (Å²) < 4.78 is 5.41. The van der Waals surface area contributed by atoms with Crippen molar-refractivity contribution in [1.82, 2.24) is 5.32 Å². The number of carboxylic acids is 1. The lowest BCUT2D eigenvalue weighted by Crippen LogP contribution is -2.29. The third-order valence-electron chi connectivity index (χ3n) is 3.83. The van der Waals surface area contributed by atoms with Crippen LogP contribution in [0.4, 0.5) is 0 Å². The smallest absolute Gasteiger partial charge is 0.335 e. The van der Waals surface area contributed by atoms with Crippen LogP contribution in [0.1, 0.15) is 34.0 Å². The summed E-state index contributed by atoms with van der Waals surface area (Å²) in [6.45, 7) is 0.355. The number of carboxylic acid groups (broad SMARTS) is 1. The lowest BCUT2D eigenvalue weighted by Gasteiger charge is -2.17. The van der Waals surface area contributed by atoms with Gasteiger partial charge in [0, 0.05) is 25.1 Å². The molecule has 0 aliphatic rings. The number of halogens is 1. The summed E-state index contributed by atoms with van der Waals surface area (Å²) >= 11 is 5.98. The molecule has 0 aliphatic carbocycles. The number of amides is 1. The molecule has 2 N–H and O–H groups in total. The molecule has 6 heteroatoms. The maximum Gasteiger partial charge on any atom is 0.335 e. The van der Waals surface area contributed by atoms with Gasteiger partial charge in [-0.15, -0.1) is 0 Å². The van der Waals surface area contributed by atoms with Gasteiger partial charge in [-0.1, -0.05) is 35.9 Å². The van der Waals surface area contributed by atoms with Gasteiger partial charge in [0.2, 0.25) is 5.91 Å². The SMILES string of the molecule is COC(CNC(=O)CCc1ccc(C(=O)O)cc1)c1cccc(Cl)c1. The van der Waals surface area contributed by atoms with Crippen LogP contribution < -0.4 is 5.32 Å². The van der Waals surface area contributed by atoms with E-state index >= 15 is 0 Å². The van der Waals surface area contributed by atoms with Crippen LogP contribution in [0.25, 0.3) is 0 Å². The van der Waals surface area contributed by atoms with Crippen LogP contribution >= 0.6 is 11.6 Å². The van der Waals surface area contributed by atoms with Crippen molar-refractivity contribution in [3.63, 3.8) is 0 Å². The summed E-state index contributed by atoms with van der Waals surface area (Å²) in [5.74, 6) is -1.05. The number of aryl methyl sites for hydroxylation is 1. The highest BCUT2D eigenvalue weighted by Crippen LogP contribution is 2.19. The van der Waals surface area contributed by atoms with Crippen molar-refractivity contribution in [2.45, 2.75) is 18.9 Å². The molecule has 0 aliphatic heterocycles. The lowest BCUT2D eigenvalue weighted by molar-refractivity contribution is -0.121. The molecule has 0 radical (unpaired) electrons. The lowest BCUT2D eigenvalue weighted by atomic mass is 10.1. The molecule has 1 atom stereocenters. The topological polar surface area (TPSA) is 75.6 Å². The zero-order valence-corrected chi connectivity index (χ0v) is 14.6. The molecular weight excluding hydrogens is 342 g/mol. The Kier molecular flexibility index (Phi) is 6.98. The van der Waals surface area contributed by atoms with Crippen molar-refractivity contribution < 1.29 is 19.4 Å². The number of rotatable bonds is 8. The van der Waals surface area contributed by atoms with Crippen LogP contribution in [0.2, 0.25) is 5.02 Å². The maximum absolute atomic E-state index is 12.0.